The predicted octanol–water partition coefficient (Wildman–Crippen LogP) is 3.20. The maximum Gasteiger partial charge on any atom is 0.123 e. The summed E-state index contributed by atoms with van der Waals surface area (Å²) in [6.07, 6.45) is 9.36. The summed E-state index contributed by atoms with van der Waals surface area (Å²) < 4.78 is 0. The number of carbonyl (C=O) groups is 1. The third kappa shape index (κ3) is 2.68. The Kier molecular flexibility index (Phi) is 4.20. The van der Waals surface area contributed by atoms with E-state index in [1.165, 1.54) is 25.7 Å². The smallest absolute Gasteiger partial charge is 0.123 e. The number of hydrogen-bond acceptors (Lipinski definition) is 1. The van der Waals surface area contributed by atoms with E-state index in [2.05, 4.69) is 13.5 Å². The Morgan fingerprint density at radius 1 is 1.46 bits per heavy atom. The molecule has 74 valence electrons. The van der Waals surface area contributed by atoms with Crippen LogP contribution in [0.5, 0.6) is 0 Å². The quantitative estimate of drug-likeness (QED) is 0.479. The number of allylic oxidation sites excluding steroid dienone is 1. The molecule has 0 aromatic rings. The van der Waals surface area contributed by atoms with Crippen molar-refractivity contribution in [3.63, 3.8) is 0 Å². The topological polar surface area (TPSA) is 17.1 Å². The maximum atomic E-state index is 10.7. The number of carbonyl (C=O) groups excluding carboxylic acids is 1. The van der Waals surface area contributed by atoms with Crippen molar-refractivity contribution in [2.75, 3.05) is 0 Å². The van der Waals surface area contributed by atoms with Crippen LogP contribution in [0.15, 0.2) is 12.7 Å². The van der Waals surface area contributed by atoms with Crippen LogP contribution in [0.3, 0.4) is 0 Å². The van der Waals surface area contributed by atoms with Crippen LogP contribution >= 0.6 is 0 Å². The molecule has 1 saturated carbocycles. The van der Waals surface area contributed by atoms with Crippen LogP contribution in [0.4, 0.5) is 0 Å². The summed E-state index contributed by atoms with van der Waals surface area (Å²) in [7, 11) is 0. The van der Waals surface area contributed by atoms with Crippen molar-refractivity contribution in [1.82, 2.24) is 0 Å². The third-order valence-electron chi connectivity index (χ3n) is 3.33. The molecule has 0 aromatic heterocycles. The Labute approximate surface area is 81.2 Å². The number of hydrogen-bond donors (Lipinski definition) is 0. The SMILES string of the molecule is C=CCC1CCCCC1C(C)C=O. The lowest BCUT2D eigenvalue weighted by Gasteiger charge is -2.33. The van der Waals surface area contributed by atoms with Crippen molar-refractivity contribution < 1.29 is 4.79 Å². The van der Waals surface area contributed by atoms with Gasteiger partial charge in [-0.2, -0.15) is 0 Å². The molecule has 13 heavy (non-hydrogen) atoms. The van der Waals surface area contributed by atoms with Crippen LogP contribution in [0.2, 0.25) is 0 Å². The van der Waals surface area contributed by atoms with Crippen molar-refractivity contribution in [3.05, 3.63) is 12.7 Å². The summed E-state index contributed by atoms with van der Waals surface area (Å²) in [6, 6.07) is 0. The zero-order chi connectivity index (χ0) is 9.68. The molecule has 0 N–H and O–H groups in total. The van der Waals surface area contributed by atoms with Crippen LogP contribution < -0.4 is 0 Å². The van der Waals surface area contributed by atoms with Gasteiger partial charge in [0.25, 0.3) is 0 Å². The standard InChI is InChI=1S/C12H20O/c1-3-6-11-7-4-5-8-12(11)10(2)9-13/h3,9-12H,1,4-8H2,2H3. The lowest BCUT2D eigenvalue weighted by molar-refractivity contribution is -0.113. The number of rotatable bonds is 4. The van der Waals surface area contributed by atoms with E-state index in [1.807, 2.05) is 6.08 Å². The molecule has 0 radical (unpaired) electrons. The van der Waals surface area contributed by atoms with Crippen LogP contribution in [0, 0.1) is 17.8 Å². The largest absolute Gasteiger partial charge is 0.303 e. The summed E-state index contributed by atoms with van der Waals surface area (Å²) in [5.74, 6) is 1.57. The van der Waals surface area contributed by atoms with Gasteiger partial charge in [-0.05, 0) is 31.1 Å². The molecule has 1 nitrogen and oxygen atoms in total. The Bertz CT molecular complexity index is 174. The van der Waals surface area contributed by atoms with Gasteiger partial charge < -0.3 is 4.79 Å². The first-order chi connectivity index (χ1) is 6.29. The van der Waals surface area contributed by atoms with E-state index in [-0.39, 0.29) is 5.92 Å². The van der Waals surface area contributed by atoms with Gasteiger partial charge in [0, 0.05) is 5.92 Å². The van der Waals surface area contributed by atoms with Crippen LogP contribution in [-0.4, -0.2) is 6.29 Å². The molecule has 1 rings (SSSR count). The van der Waals surface area contributed by atoms with E-state index in [9.17, 15) is 4.79 Å². The first kappa shape index (κ1) is 10.5. The fourth-order valence-corrected chi connectivity index (χ4v) is 2.54. The van der Waals surface area contributed by atoms with Gasteiger partial charge in [-0.15, -0.1) is 6.58 Å². The van der Waals surface area contributed by atoms with Crippen LogP contribution in [0.1, 0.15) is 39.0 Å². The highest BCUT2D eigenvalue weighted by Crippen LogP contribution is 2.36. The van der Waals surface area contributed by atoms with Gasteiger partial charge in [0.2, 0.25) is 0 Å². The van der Waals surface area contributed by atoms with E-state index in [0.29, 0.717) is 11.8 Å². The average Bonchev–Trinajstić information content (AvgIpc) is 2.18. The minimum Gasteiger partial charge on any atom is -0.303 e. The zero-order valence-electron chi connectivity index (χ0n) is 8.54. The van der Waals surface area contributed by atoms with Crippen LogP contribution in [-0.2, 0) is 4.79 Å². The summed E-state index contributed by atoms with van der Waals surface area (Å²) >= 11 is 0. The van der Waals surface area contributed by atoms with E-state index in [4.69, 9.17) is 0 Å². The van der Waals surface area contributed by atoms with Crippen molar-refractivity contribution >= 4 is 6.29 Å². The second-order valence-electron chi connectivity index (χ2n) is 4.23. The van der Waals surface area contributed by atoms with Gasteiger partial charge in [-0.1, -0.05) is 25.8 Å². The average molecular weight is 180 g/mol. The maximum absolute atomic E-state index is 10.7. The summed E-state index contributed by atoms with van der Waals surface area (Å²) in [6.45, 7) is 5.84. The van der Waals surface area contributed by atoms with Crippen LogP contribution in [0.25, 0.3) is 0 Å². The first-order valence-corrected chi connectivity index (χ1v) is 5.35. The molecule has 3 atom stereocenters. The molecule has 0 spiro atoms. The van der Waals surface area contributed by atoms with Crippen molar-refractivity contribution in [2.24, 2.45) is 17.8 Å². The van der Waals surface area contributed by atoms with Gasteiger partial charge in [-0.25, -0.2) is 0 Å². The molecule has 0 aromatic carbocycles. The summed E-state index contributed by atoms with van der Waals surface area (Å²) in [4.78, 5) is 10.7. The highest BCUT2D eigenvalue weighted by atomic mass is 16.1. The van der Waals surface area contributed by atoms with Gasteiger partial charge >= 0.3 is 0 Å². The molecule has 1 heteroatoms. The number of aldehydes is 1. The second kappa shape index (κ2) is 5.21. The highest BCUT2D eigenvalue weighted by Gasteiger charge is 2.28. The molecule has 1 aliphatic rings. The molecule has 0 saturated heterocycles. The fraction of sp³-hybridized carbons (Fsp3) is 0.750. The molecule has 1 fully saturated rings. The van der Waals surface area contributed by atoms with Gasteiger partial charge in [0.05, 0.1) is 0 Å². The summed E-state index contributed by atoms with van der Waals surface area (Å²) in [5, 5.41) is 0. The molecule has 0 heterocycles. The van der Waals surface area contributed by atoms with E-state index < -0.39 is 0 Å². The first-order valence-electron chi connectivity index (χ1n) is 5.35. The van der Waals surface area contributed by atoms with Gasteiger partial charge in [0.1, 0.15) is 6.29 Å². The van der Waals surface area contributed by atoms with Gasteiger partial charge in [0.15, 0.2) is 0 Å². The summed E-state index contributed by atoms with van der Waals surface area (Å²) in [5.41, 5.74) is 0. The molecule has 0 amide bonds. The molecule has 3 unspecified atom stereocenters. The lowest BCUT2D eigenvalue weighted by Crippen LogP contribution is -2.25. The fourth-order valence-electron chi connectivity index (χ4n) is 2.54. The van der Waals surface area contributed by atoms with Crippen molar-refractivity contribution in [3.8, 4) is 0 Å². The van der Waals surface area contributed by atoms with E-state index in [0.717, 1.165) is 12.7 Å². The van der Waals surface area contributed by atoms with Crippen molar-refractivity contribution in [2.45, 2.75) is 39.0 Å². The van der Waals surface area contributed by atoms with E-state index in [1.54, 1.807) is 0 Å². The lowest BCUT2D eigenvalue weighted by atomic mass is 9.72. The monoisotopic (exact) mass is 180 g/mol. The minimum atomic E-state index is 0.241. The molecular formula is C12H20O. The minimum absolute atomic E-state index is 0.241. The Hall–Kier alpha value is -0.590. The normalized spacial score (nSPS) is 30.8. The molecule has 1 aliphatic carbocycles. The zero-order valence-corrected chi connectivity index (χ0v) is 8.54. The molecular weight excluding hydrogens is 160 g/mol. The Morgan fingerprint density at radius 3 is 2.77 bits per heavy atom. The second-order valence-corrected chi connectivity index (χ2v) is 4.23. The van der Waals surface area contributed by atoms with Gasteiger partial charge in [-0.3, -0.25) is 0 Å². The third-order valence-corrected chi connectivity index (χ3v) is 3.33. The van der Waals surface area contributed by atoms with E-state index >= 15 is 0 Å². The van der Waals surface area contributed by atoms with Crippen molar-refractivity contribution in [1.29, 1.82) is 0 Å². The molecule has 0 bridgehead atoms. The highest BCUT2D eigenvalue weighted by molar-refractivity contribution is 5.53. The Morgan fingerprint density at radius 2 is 2.15 bits per heavy atom. The Balaban J connectivity index is 2.54. The molecule has 0 aliphatic heterocycles. The predicted molar refractivity (Wildman–Crippen MR) is 55.5 cm³/mol.